The second-order valence-corrected chi connectivity index (χ2v) is 7.95. The highest BCUT2D eigenvalue weighted by Gasteiger charge is 2.23. The molecule has 2 aromatic rings. The predicted octanol–water partition coefficient (Wildman–Crippen LogP) is 5.56. The van der Waals surface area contributed by atoms with Gasteiger partial charge in [-0.05, 0) is 37.5 Å². The second kappa shape index (κ2) is 7.67. The van der Waals surface area contributed by atoms with E-state index in [0.717, 1.165) is 32.8 Å². The molecule has 1 heterocycles. The van der Waals surface area contributed by atoms with Crippen LogP contribution >= 0.6 is 27.7 Å². The van der Waals surface area contributed by atoms with Crippen molar-refractivity contribution in [2.45, 2.75) is 55.8 Å². The van der Waals surface area contributed by atoms with Gasteiger partial charge < -0.3 is 0 Å². The number of halogens is 1. The van der Waals surface area contributed by atoms with Gasteiger partial charge in [0.05, 0.1) is 17.3 Å². The van der Waals surface area contributed by atoms with E-state index in [1.54, 1.807) is 11.8 Å². The minimum Gasteiger partial charge on any atom is -0.298 e. The fourth-order valence-corrected chi connectivity index (χ4v) is 4.56. The lowest BCUT2D eigenvalue weighted by molar-refractivity contribution is 0.111. The maximum absolute atomic E-state index is 11.5. The van der Waals surface area contributed by atoms with Gasteiger partial charge in [0, 0.05) is 10.2 Å². The lowest BCUT2D eigenvalue weighted by Gasteiger charge is -2.23. The molecule has 1 fully saturated rings. The van der Waals surface area contributed by atoms with E-state index in [0.29, 0.717) is 6.04 Å². The Morgan fingerprint density at radius 1 is 1.26 bits per heavy atom. The quantitative estimate of drug-likeness (QED) is 0.493. The van der Waals surface area contributed by atoms with Gasteiger partial charge in [0.25, 0.3) is 0 Å². The molecule has 0 saturated heterocycles. The van der Waals surface area contributed by atoms with Gasteiger partial charge in [-0.1, -0.05) is 47.3 Å². The summed E-state index contributed by atoms with van der Waals surface area (Å²) in [6.07, 6.45) is 7.15. The van der Waals surface area contributed by atoms with Crippen LogP contribution in [0.2, 0.25) is 0 Å². The maximum atomic E-state index is 11.5. The van der Waals surface area contributed by atoms with Crippen LogP contribution in [0.15, 0.2) is 33.8 Å². The number of thioether (sulfide) groups is 1. The lowest BCUT2D eigenvalue weighted by atomic mass is 9.96. The van der Waals surface area contributed by atoms with Crippen LogP contribution in [-0.4, -0.2) is 16.1 Å². The molecule has 122 valence electrons. The number of carbonyl (C=O) groups excluding carboxylic acids is 1. The molecule has 0 atom stereocenters. The first-order valence-electron chi connectivity index (χ1n) is 8.10. The number of hydrogen-bond acceptors (Lipinski definition) is 3. The van der Waals surface area contributed by atoms with Crippen LogP contribution in [0.4, 0.5) is 0 Å². The van der Waals surface area contributed by atoms with Crippen LogP contribution in [-0.2, 0) is 5.75 Å². The number of aldehydes is 1. The molecule has 0 bridgehead atoms. The van der Waals surface area contributed by atoms with Crippen LogP contribution in [0.1, 0.15) is 59.8 Å². The third kappa shape index (κ3) is 3.89. The van der Waals surface area contributed by atoms with E-state index < -0.39 is 0 Å². The van der Waals surface area contributed by atoms with Crippen molar-refractivity contribution in [1.82, 2.24) is 9.78 Å². The number of aryl methyl sites for hydroxylation is 1. The first-order chi connectivity index (χ1) is 11.2. The highest BCUT2D eigenvalue weighted by atomic mass is 79.9. The topological polar surface area (TPSA) is 34.9 Å². The Labute approximate surface area is 150 Å². The molecule has 0 unspecified atom stereocenters. The second-order valence-electron chi connectivity index (χ2n) is 6.07. The van der Waals surface area contributed by atoms with Crippen LogP contribution < -0.4 is 0 Å². The Bertz CT molecular complexity index is 675. The van der Waals surface area contributed by atoms with Crippen molar-refractivity contribution in [1.29, 1.82) is 0 Å². The molecule has 0 amide bonds. The number of aromatic nitrogens is 2. The molecular weight excluding hydrogens is 372 g/mol. The number of carbonyl (C=O) groups is 1. The van der Waals surface area contributed by atoms with Crippen molar-refractivity contribution in [2.24, 2.45) is 0 Å². The monoisotopic (exact) mass is 392 g/mol. The summed E-state index contributed by atoms with van der Waals surface area (Å²) in [6, 6.07) is 8.79. The number of benzene rings is 1. The average Bonchev–Trinajstić information content (AvgIpc) is 2.91. The van der Waals surface area contributed by atoms with Gasteiger partial charge in [-0.25, -0.2) is 0 Å². The van der Waals surface area contributed by atoms with Gasteiger partial charge in [0.15, 0.2) is 6.29 Å². The van der Waals surface area contributed by atoms with E-state index in [4.69, 9.17) is 0 Å². The van der Waals surface area contributed by atoms with E-state index in [9.17, 15) is 4.79 Å². The molecule has 23 heavy (non-hydrogen) atoms. The summed E-state index contributed by atoms with van der Waals surface area (Å²) in [7, 11) is 0. The van der Waals surface area contributed by atoms with Gasteiger partial charge in [-0.2, -0.15) is 5.10 Å². The van der Waals surface area contributed by atoms with Crippen LogP contribution in [0.3, 0.4) is 0 Å². The number of rotatable bonds is 5. The first kappa shape index (κ1) is 16.8. The van der Waals surface area contributed by atoms with Crippen LogP contribution in [0.5, 0.6) is 0 Å². The molecule has 1 aromatic carbocycles. The molecule has 3 rings (SSSR count). The Balaban J connectivity index is 1.83. The van der Waals surface area contributed by atoms with Crippen LogP contribution in [0.25, 0.3) is 0 Å². The highest BCUT2D eigenvalue weighted by molar-refractivity contribution is 9.10. The Morgan fingerprint density at radius 3 is 2.61 bits per heavy atom. The molecular formula is C18H21BrN2OS. The largest absolute Gasteiger partial charge is 0.298 e. The van der Waals surface area contributed by atoms with E-state index >= 15 is 0 Å². The van der Waals surface area contributed by atoms with Crippen molar-refractivity contribution in [2.75, 3.05) is 0 Å². The predicted molar refractivity (Wildman–Crippen MR) is 98.2 cm³/mol. The van der Waals surface area contributed by atoms with Crippen LogP contribution in [0, 0.1) is 6.92 Å². The van der Waals surface area contributed by atoms with E-state index in [1.165, 1.54) is 37.7 Å². The molecule has 3 nitrogen and oxygen atoms in total. The zero-order chi connectivity index (χ0) is 16.2. The van der Waals surface area contributed by atoms with E-state index in [2.05, 4.69) is 50.0 Å². The molecule has 5 heteroatoms. The minimum absolute atomic E-state index is 0.448. The molecule has 0 spiro atoms. The number of nitrogens with zero attached hydrogens (tertiary/aromatic N) is 2. The fraction of sp³-hybridized carbons (Fsp3) is 0.444. The van der Waals surface area contributed by atoms with Gasteiger partial charge in [-0.15, -0.1) is 11.8 Å². The zero-order valence-electron chi connectivity index (χ0n) is 13.3. The maximum Gasteiger partial charge on any atom is 0.154 e. The normalized spacial score (nSPS) is 15.7. The van der Waals surface area contributed by atoms with E-state index in [-0.39, 0.29) is 0 Å². The average molecular weight is 393 g/mol. The van der Waals surface area contributed by atoms with Gasteiger partial charge >= 0.3 is 0 Å². The molecule has 0 radical (unpaired) electrons. The summed E-state index contributed by atoms with van der Waals surface area (Å²) in [5, 5.41) is 5.72. The molecule has 0 aliphatic heterocycles. The first-order valence-corrected chi connectivity index (χ1v) is 9.88. The van der Waals surface area contributed by atoms with Gasteiger partial charge in [-0.3, -0.25) is 9.48 Å². The summed E-state index contributed by atoms with van der Waals surface area (Å²) >= 11 is 5.19. The smallest absolute Gasteiger partial charge is 0.154 e. The third-order valence-corrected chi connectivity index (χ3v) is 6.10. The summed E-state index contributed by atoms with van der Waals surface area (Å²) in [6.45, 7) is 1.94. The summed E-state index contributed by atoms with van der Waals surface area (Å²) < 4.78 is 3.21. The minimum atomic E-state index is 0.448. The van der Waals surface area contributed by atoms with E-state index in [1.807, 2.05) is 6.92 Å². The van der Waals surface area contributed by atoms with Gasteiger partial charge in [0.2, 0.25) is 0 Å². The molecule has 1 saturated carbocycles. The zero-order valence-corrected chi connectivity index (χ0v) is 15.7. The number of hydrogen-bond donors (Lipinski definition) is 0. The van der Waals surface area contributed by atoms with Crippen molar-refractivity contribution >= 4 is 34.0 Å². The standard InChI is InChI=1S/C18H21BrN2OS/c1-13-17(11-22)18(21(20-13)16-5-3-2-4-6-16)23-12-14-7-9-15(19)10-8-14/h7-11,16H,2-6,12H2,1H3. The fourth-order valence-electron chi connectivity index (χ4n) is 3.12. The van der Waals surface area contributed by atoms with Crippen molar-refractivity contribution in [3.05, 3.63) is 45.6 Å². The van der Waals surface area contributed by atoms with Gasteiger partial charge in [0.1, 0.15) is 5.03 Å². The van der Waals surface area contributed by atoms with Crippen molar-refractivity contribution < 1.29 is 4.79 Å². The molecule has 1 aliphatic carbocycles. The Kier molecular flexibility index (Phi) is 5.59. The Morgan fingerprint density at radius 2 is 1.96 bits per heavy atom. The molecule has 1 aromatic heterocycles. The summed E-state index contributed by atoms with van der Waals surface area (Å²) in [5.74, 6) is 0.853. The summed E-state index contributed by atoms with van der Waals surface area (Å²) in [5.41, 5.74) is 2.87. The molecule has 1 aliphatic rings. The lowest BCUT2D eigenvalue weighted by Crippen LogP contribution is -2.15. The molecule has 0 N–H and O–H groups in total. The van der Waals surface area contributed by atoms with Crippen molar-refractivity contribution in [3.63, 3.8) is 0 Å². The SMILES string of the molecule is Cc1nn(C2CCCCC2)c(SCc2ccc(Br)cc2)c1C=O. The summed E-state index contributed by atoms with van der Waals surface area (Å²) in [4.78, 5) is 11.5. The highest BCUT2D eigenvalue weighted by Crippen LogP contribution is 2.35. The third-order valence-electron chi connectivity index (χ3n) is 4.41. The van der Waals surface area contributed by atoms with Crippen molar-refractivity contribution in [3.8, 4) is 0 Å². The Hall–Kier alpha value is -1.07.